The lowest BCUT2D eigenvalue weighted by atomic mass is 9.72. The van der Waals surface area contributed by atoms with Gasteiger partial charge in [0.25, 0.3) is 5.91 Å². The van der Waals surface area contributed by atoms with Crippen LogP contribution in [0.5, 0.6) is 0 Å². The van der Waals surface area contributed by atoms with Crippen LogP contribution < -0.4 is 10.9 Å². The first kappa shape index (κ1) is 22.5. The van der Waals surface area contributed by atoms with Crippen LogP contribution in [-0.4, -0.2) is 47.7 Å². The van der Waals surface area contributed by atoms with Crippen LogP contribution in [0.4, 0.5) is 4.79 Å². The second-order valence-corrected chi connectivity index (χ2v) is 8.54. The fourth-order valence-electron chi connectivity index (χ4n) is 5.44. The molecule has 1 saturated heterocycles. The van der Waals surface area contributed by atoms with Crippen molar-refractivity contribution in [1.82, 2.24) is 20.7 Å². The first-order valence-corrected chi connectivity index (χ1v) is 11.0. The molecule has 5 rings (SSSR count). The number of piperidine rings is 1. The van der Waals surface area contributed by atoms with Crippen LogP contribution in [0.1, 0.15) is 37.6 Å². The van der Waals surface area contributed by atoms with E-state index in [0.29, 0.717) is 5.57 Å². The fourth-order valence-corrected chi connectivity index (χ4v) is 5.44. The molecule has 4 atom stereocenters. The average molecular weight is 461 g/mol. The number of aromatic nitrogens is 1. The predicted octanol–water partition coefficient (Wildman–Crippen LogP) is 3.20. The Bertz CT molecular complexity index is 1050. The van der Waals surface area contributed by atoms with Crippen LogP contribution in [0.25, 0.3) is 10.9 Å². The van der Waals surface area contributed by atoms with Crippen molar-refractivity contribution >= 4 is 35.3 Å². The molecular formula is C23H29ClN4O4. The lowest BCUT2D eigenvalue weighted by molar-refractivity contribution is -0.121. The van der Waals surface area contributed by atoms with Crippen molar-refractivity contribution in [3.8, 4) is 0 Å². The first-order valence-electron chi connectivity index (χ1n) is 11.0. The zero-order valence-electron chi connectivity index (χ0n) is 18.2. The summed E-state index contributed by atoms with van der Waals surface area (Å²) >= 11 is 0. The Morgan fingerprint density at radius 2 is 2.09 bits per heavy atom. The number of para-hydroxylation sites is 1. The number of halogens is 1. The summed E-state index contributed by atoms with van der Waals surface area (Å²) in [7, 11) is 0. The van der Waals surface area contributed by atoms with E-state index >= 15 is 0 Å². The Morgan fingerprint density at radius 3 is 2.91 bits per heavy atom. The highest BCUT2D eigenvalue weighted by Crippen LogP contribution is 2.47. The molecule has 3 aliphatic heterocycles. The minimum Gasteiger partial charge on any atom is -0.497 e. The number of H-pyrrole nitrogens is 1. The Kier molecular flexibility index (Phi) is 6.35. The summed E-state index contributed by atoms with van der Waals surface area (Å²) < 4.78 is 10.6. The summed E-state index contributed by atoms with van der Waals surface area (Å²) in [6, 6.07) is 8.68. The highest BCUT2D eigenvalue weighted by molar-refractivity contribution is 5.94. The number of hydrazine groups is 1. The number of ether oxygens (including phenoxy) is 2. The van der Waals surface area contributed by atoms with Gasteiger partial charge in [0.2, 0.25) is 0 Å². The van der Waals surface area contributed by atoms with Crippen molar-refractivity contribution in [2.24, 2.45) is 11.8 Å². The van der Waals surface area contributed by atoms with Gasteiger partial charge in [0.1, 0.15) is 0 Å². The normalized spacial score (nSPS) is 26.4. The zero-order chi connectivity index (χ0) is 21.5. The summed E-state index contributed by atoms with van der Waals surface area (Å²) in [4.78, 5) is 30.6. The number of nitrogens with one attached hydrogen (secondary N) is 3. The molecule has 2 amide bonds. The van der Waals surface area contributed by atoms with Crippen molar-refractivity contribution in [2.75, 3.05) is 19.7 Å². The lowest BCUT2D eigenvalue weighted by Crippen LogP contribution is -2.53. The van der Waals surface area contributed by atoms with E-state index in [0.717, 1.165) is 25.9 Å². The number of amides is 2. The van der Waals surface area contributed by atoms with Crippen LogP contribution >= 0.6 is 12.4 Å². The van der Waals surface area contributed by atoms with Crippen molar-refractivity contribution in [1.29, 1.82) is 0 Å². The zero-order valence-corrected chi connectivity index (χ0v) is 19.0. The molecule has 0 bridgehead atoms. The van der Waals surface area contributed by atoms with Crippen LogP contribution in [-0.2, 0) is 20.7 Å². The maximum Gasteiger partial charge on any atom is 0.426 e. The van der Waals surface area contributed by atoms with Gasteiger partial charge in [0, 0.05) is 41.5 Å². The first-order chi connectivity index (χ1) is 15.1. The topological polar surface area (TPSA) is 95.7 Å². The number of carbonyl (C=O) groups excluding carboxylic acids is 2. The second-order valence-electron chi connectivity index (χ2n) is 8.54. The van der Waals surface area contributed by atoms with E-state index in [1.54, 1.807) is 13.2 Å². The van der Waals surface area contributed by atoms with Gasteiger partial charge in [-0.05, 0) is 38.3 Å². The Morgan fingerprint density at radius 1 is 1.28 bits per heavy atom. The number of aromatic amines is 1. The van der Waals surface area contributed by atoms with E-state index in [1.807, 2.05) is 0 Å². The summed E-state index contributed by atoms with van der Waals surface area (Å²) in [5, 5.41) is 1.30. The minimum atomic E-state index is -0.678. The van der Waals surface area contributed by atoms with E-state index in [2.05, 4.69) is 51.9 Å². The van der Waals surface area contributed by atoms with Gasteiger partial charge in [-0.15, -0.1) is 12.4 Å². The smallest absolute Gasteiger partial charge is 0.426 e. The molecule has 0 aliphatic carbocycles. The van der Waals surface area contributed by atoms with Crippen molar-refractivity contribution in [3.05, 3.63) is 47.4 Å². The molecule has 3 aliphatic rings. The fraction of sp³-hybridized carbons (Fsp3) is 0.478. The van der Waals surface area contributed by atoms with Crippen LogP contribution in [0, 0.1) is 11.8 Å². The third kappa shape index (κ3) is 3.82. The molecule has 4 heterocycles. The molecule has 0 saturated carbocycles. The van der Waals surface area contributed by atoms with E-state index in [1.165, 1.54) is 22.2 Å². The van der Waals surface area contributed by atoms with Crippen molar-refractivity contribution in [2.45, 2.75) is 38.8 Å². The number of nitrogens with zero attached hydrogens (tertiary/aromatic N) is 1. The Balaban J connectivity index is 0.00000245. The van der Waals surface area contributed by atoms with Crippen LogP contribution in [0.2, 0.25) is 0 Å². The molecule has 172 valence electrons. The van der Waals surface area contributed by atoms with Crippen LogP contribution in [0.3, 0.4) is 0 Å². The summed E-state index contributed by atoms with van der Waals surface area (Å²) in [5.74, 6) is -0.0852. The molecule has 32 heavy (non-hydrogen) atoms. The molecule has 2 aromatic rings. The molecule has 1 aromatic carbocycles. The summed E-state index contributed by atoms with van der Waals surface area (Å²) in [6.07, 6.45) is 2.78. The number of fused-ring (bicyclic) bond motifs is 6. The van der Waals surface area contributed by atoms with Gasteiger partial charge in [-0.2, -0.15) is 0 Å². The number of hydrogen-bond donors (Lipinski definition) is 3. The largest absolute Gasteiger partial charge is 0.497 e. The minimum absolute atomic E-state index is 0. The standard InChI is InChI=1S/C23H28N4O4.ClH/c1-3-30-23(29)26-25-22(28)18-12-31-13(2)17-11-27-9-8-15-14-6-4-5-7-19(14)24-21(15)20(27)10-16(17)18;/h4-7,12-13,16-17,20,24H,3,8-11H2,1-2H3,(H,25,28)(H,26,29);1H/t13-,16?,17?,20?;/m0./s1. The number of carbonyl (C=O) groups is 2. The molecule has 0 spiro atoms. The maximum absolute atomic E-state index is 12.9. The number of rotatable bonds is 2. The van der Waals surface area contributed by atoms with Gasteiger partial charge < -0.3 is 14.5 Å². The van der Waals surface area contributed by atoms with E-state index < -0.39 is 6.09 Å². The van der Waals surface area contributed by atoms with Gasteiger partial charge in [-0.1, -0.05) is 18.2 Å². The highest BCUT2D eigenvalue weighted by atomic mass is 35.5. The van der Waals surface area contributed by atoms with Gasteiger partial charge >= 0.3 is 6.09 Å². The molecule has 9 heteroatoms. The van der Waals surface area contributed by atoms with Gasteiger partial charge in [0.05, 0.1) is 30.6 Å². The SMILES string of the molecule is CCOC(=O)NNC(=O)C1=CO[C@@H](C)C2CN3CCc4c([nH]c5ccccc45)C3CC12.Cl. The lowest BCUT2D eigenvalue weighted by Gasteiger charge is -2.49. The third-order valence-electron chi connectivity index (χ3n) is 6.94. The van der Waals surface area contributed by atoms with Gasteiger partial charge in [-0.3, -0.25) is 15.1 Å². The monoisotopic (exact) mass is 460 g/mol. The van der Waals surface area contributed by atoms with Crippen molar-refractivity contribution < 1.29 is 19.1 Å². The number of benzene rings is 1. The van der Waals surface area contributed by atoms with Crippen LogP contribution in [0.15, 0.2) is 36.1 Å². The van der Waals surface area contributed by atoms with Gasteiger partial charge in [0.15, 0.2) is 0 Å². The predicted molar refractivity (Wildman–Crippen MR) is 122 cm³/mol. The molecule has 0 radical (unpaired) electrons. The van der Waals surface area contributed by atoms with E-state index in [4.69, 9.17) is 9.47 Å². The number of hydrogen-bond acceptors (Lipinski definition) is 5. The maximum atomic E-state index is 12.9. The second kappa shape index (κ2) is 9.03. The van der Waals surface area contributed by atoms with Gasteiger partial charge in [-0.25, -0.2) is 10.2 Å². The summed E-state index contributed by atoms with van der Waals surface area (Å²) in [6.45, 7) is 5.89. The van der Waals surface area contributed by atoms with E-state index in [-0.39, 0.29) is 48.9 Å². The Hall–Kier alpha value is -2.71. The molecule has 1 fully saturated rings. The third-order valence-corrected chi connectivity index (χ3v) is 6.94. The molecule has 8 nitrogen and oxygen atoms in total. The molecule has 1 aromatic heterocycles. The molecular weight excluding hydrogens is 432 g/mol. The quantitative estimate of drug-likeness (QED) is 0.598. The van der Waals surface area contributed by atoms with E-state index in [9.17, 15) is 9.59 Å². The molecule has 3 N–H and O–H groups in total. The Labute approximate surface area is 193 Å². The average Bonchev–Trinajstić information content (AvgIpc) is 3.16. The molecule has 3 unspecified atom stereocenters. The summed E-state index contributed by atoms with van der Waals surface area (Å²) in [5.41, 5.74) is 9.18. The van der Waals surface area contributed by atoms with Crippen molar-refractivity contribution in [3.63, 3.8) is 0 Å². The highest BCUT2D eigenvalue weighted by Gasteiger charge is 2.46.